The van der Waals surface area contributed by atoms with Crippen LogP contribution in [0.3, 0.4) is 0 Å². The molecule has 18 heavy (non-hydrogen) atoms. The standard InChI is InChI=1S/C13H18O5/c14-9-4-1-8(2-5-9)3-6-10-12(16)11(15)7-18-13(10)17/h1-2,4-5,10-17H,3,6-7H2/t10-,11+,12-,13?/m1/s1. The highest BCUT2D eigenvalue weighted by Crippen LogP contribution is 2.25. The van der Waals surface area contributed by atoms with Gasteiger partial charge in [-0.2, -0.15) is 0 Å². The summed E-state index contributed by atoms with van der Waals surface area (Å²) in [4.78, 5) is 0. The van der Waals surface area contributed by atoms with Crippen LogP contribution >= 0.6 is 0 Å². The third-order valence-corrected chi connectivity index (χ3v) is 3.34. The largest absolute Gasteiger partial charge is 0.508 e. The third-order valence-electron chi connectivity index (χ3n) is 3.34. The van der Waals surface area contributed by atoms with E-state index in [9.17, 15) is 15.3 Å². The summed E-state index contributed by atoms with van der Waals surface area (Å²) in [5.74, 6) is -0.294. The Morgan fingerprint density at radius 1 is 1.11 bits per heavy atom. The highest BCUT2D eigenvalue weighted by molar-refractivity contribution is 5.25. The maximum absolute atomic E-state index is 9.80. The lowest BCUT2D eigenvalue weighted by atomic mass is 9.89. The maximum Gasteiger partial charge on any atom is 0.160 e. The van der Waals surface area contributed by atoms with Crippen molar-refractivity contribution in [3.05, 3.63) is 29.8 Å². The molecular formula is C13H18O5. The fourth-order valence-electron chi connectivity index (χ4n) is 2.18. The van der Waals surface area contributed by atoms with Crippen molar-refractivity contribution in [1.82, 2.24) is 0 Å². The molecule has 4 atom stereocenters. The van der Waals surface area contributed by atoms with Gasteiger partial charge in [-0.3, -0.25) is 0 Å². The summed E-state index contributed by atoms with van der Waals surface area (Å²) in [6, 6.07) is 6.76. The number of phenols is 1. The first-order valence-electron chi connectivity index (χ1n) is 6.01. The molecule has 1 aromatic carbocycles. The van der Waals surface area contributed by atoms with Gasteiger partial charge in [-0.15, -0.1) is 0 Å². The van der Waals surface area contributed by atoms with E-state index in [1.165, 1.54) is 0 Å². The zero-order chi connectivity index (χ0) is 13.1. The van der Waals surface area contributed by atoms with Gasteiger partial charge in [0.15, 0.2) is 6.29 Å². The number of phenolic OH excluding ortho intramolecular Hbond substituents is 1. The van der Waals surface area contributed by atoms with Crippen molar-refractivity contribution in [1.29, 1.82) is 0 Å². The predicted octanol–water partition coefficient (Wildman–Crippen LogP) is 0.0114. The summed E-state index contributed by atoms with van der Waals surface area (Å²) in [7, 11) is 0. The Morgan fingerprint density at radius 2 is 1.78 bits per heavy atom. The summed E-state index contributed by atoms with van der Waals surface area (Å²) < 4.78 is 4.99. The van der Waals surface area contributed by atoms with Gasteiger partial charge >= 0.3 is 0 Å². The van der Waals surface area contributed by atoms with E-state index in [4.69, 9.17) is 9.84 Å². The average molecular weight is 254 g/mol. The zero-order valence-corrected chi connectivity index (χ0v) is 9.94. The van der Waals surface area contributed by atoms with Crippen molar-refractivity contribution in [2.24, 2.45) is 5.92 Å². The van der Waals surface area contributed by atoms with E-state index in [1.807, 2.05) is 0 Å². The molecule has 1 aliphatic heterocycles. The van der Waals surface area contributed by atoms with E-state index in [0.29, 0.717) is 12.8 Å². The van der Waals surface area contributed by atoms with E-state index in [2.05, 4.69) is 0 Å². The van der Waals surface area contributed by atoms with Gasteiger partial charge in [-0.1, -0.05) is 12.1 Å². The number of hydrogen-bond donors (Lipinski definition) is 4. The fraction of sp³-hybridized carbons (Fsp3) is 0.538. The van der Waals surface area contributed by atoms with Crippen molar-refractivity contribution < 1.29 is 25.2 Å². The van der Waals surface area contributed by atoms with Gasteiger partial charge in [0, 0.05) is 5.92 Å². The second-order valence-electron chi connectivity index (χ2n) is 4.65. The minimum atomic E-state index is -1.04. The van der Waals surface area contributed by atoms with E-state index in [1.54, 1.807) is 24.3 Å². The number of aliphatic hydroxyl groups is 3. The molecule has 0 aromatic heterocycles. The van der Waals surface area contributed by atoms with Crippen LogP contribution in [-0.4, -0.2) is 45.5 Å². The van der Waals surface area contributed by atoms with Crippen LogP contribution in [0.4, 0.5) is 0 Å². The number of aryl methyl sites for hydroxylation is 1. The first-order chi connectivity index (χ1) is 8.58. The summed E-state index contributed by atoms with van der Waals surface area (Å²) >= 11 is 0. The van der Waals surface area contributed by atoms with Crippen molar-refractivity contribution in [2.45, 2.75) is 31.3 Å². The van der Waals surface area contributed by atoms with Crippen molar-refractivity contribution in [3.8, 4) is 5.75 Å². The second kappa shape index (κ2) is 5.67. The molecule has 0 radical (unpaired) electrons. The second-order valence-corrected chi connectivity index (χ2v) is 4.65. The molecule has 1 saturated heterocycles. The Kier molecular flexibility index (Phi) is 4.19. The molecular weight excluding hydrogens is 236 g/mol. The third kappa shape index (κ3) is 3.00. The molecule has 1 fully saturated rings. The zero-order valence-electron chi connectivity index (χ0n) is 9.94. The number of ether oxygens (including phenoxy) is 1. The SMILES string of the molecule is Oc1ccc(CC[C@H]2C(O)OC[C@H](O)[C@@H]2O)cc1. The summed E-state index contributed by atoms with van der Waals surface area (Å²) in [5, 5.41) is 38.1. The van der Waals surface area contributed by atoms with Crippen LogP contribution in [-0.2, 0) is 11.2 Å². The molecule has 0 spiro atoms. The Balaban J connectivity index is 1.93. The monoisotopic (exact) mass is 254 g/mol. The quantitative estimate of drug-likeness (QED) is 0.610. The lowest BCUT2D eigenvalue weighted by molar-refractivity contribution is -0.231. The molecule has 5 heteroatoms. The smallest absolute Gasteiger partial charge is 0.160 e. The fourth-order valence-corrected chi connectivity index (χ4v) is 2.18. The molecule has 1 aliphatic rings. The van der Waals surface area contributed by atoms with Crippen molar-refractivity contribution in [3.63, 3.8) is 0 Å². The predicted molar refractivity (Wildman–Crippen MR) is 63.9 cm³/mol. The molecule has 1 unspecified atom stereocenters. The number of benzene rings is 1. The van der Waals surface area contributed by atoms with Crippen LogP contribution in [0, 0.1) is 5.92 Å². The Labute approximate surface area is 105 Å². The topological polar surface area (TPSA) is 90.2 Å². The summed E-state index contributed by atoms with van der Waals surface area (Å²) in [6.45, 7) is -0.0436. The van der Waals surface area contributed by atoms with Gasteiger partial charge in [0.1, 0.15) is 11.9 Å². The molecule has 0 saturated carbocycles. The van der Waals surface area contributed by atoms with Gasteiger partial charge in [0.05, 0.1) is 12.7 Å². The number of aliphatic hydroxyl groups excluding tert-OH is 3. The Morgan fingerprint density at radius 3 is 2.44 bits per heavy atom. The molecule has 0 bridgehead atoms. The normalized spacial score (nSPS) is 32.4. The lowest BCUT2D eigenvalue weighted by Gasteiger charge is -2.35. The van der Waals surface area contributed by atoms with E-state index >= 15 is 0 Å². The van der Waals surface area contributed by atoms with Crippen molar-refractivity contribution >= 4 is 0 Å². The molecule has 100 valence electrons. The van der Waals surface area contributed by atoms with Crippen LogP contribution < -0.4 is 0 Å². The Hall–Kier alpha value is -1.14. The van der Waals surface area contributed by atoms with Gasteiger partial charge < -0.3 is 25.2 Å². The minimum Gasteiger partial charge on any atom is -0.508 e. The van der Waals surface area contributed by atoms with Gasteiger partial charge in [-0.05, 0) is 30.5 Å². The average Bonchev–Trinajstić information content (AvgIpc) is 2.36. The first kappa shape index (κ1) is 13.3. The maximum atomic E-state index is 9.80. The van der Waals surface area contributed by atoms with Crippen LogP contribution in [0.25, 0.3) is 0 Å². The summed E-state index contributed by atoms with van der Waals surface area (Å²) in [6.07, 6.45) is -1.82. The van der Waals surface area contributed by atoms with Gasteiger partial charge in [0.2, 0.25) is 0 Å². The molecule has 0 amide bonds. The molecule has 0 aliphatic carbocycles. The molecule has 1 heterocycles. The van der Waals surface area contributed by atoms with Crippen LogP contribution in [0.15, 0.2) is 24.3 Å². The van der Waals surface area contributed by atoms with E-state index in [0.717, 1.165) is 5.56 Å². The molecule has 1 aromatic rings. The van der Waals surface area contributed by atoms with Gasteiger partial charge in [0.25, 0.3) is 0 Å². The number of hydrogen-bond acceptors (Lipinski definition) is 5. The van der Waals surface area contributed by atoms with Crippen molar-refractivity contribution in [2.75, 3.05) is 6.61 Å². The number of rotatable bonds is 3. The molecule has 4 N–H and O–H groups in total. The first-order valence-corrected chi connectivity index (χ1v) is 6.01. The van der Waals surface area contributed by atoms with Crippen LogP contribution in [0.1, 0.15) is 12.0 Å². The summed E-state index contributed by atoms with van der Waals surface area (Å²) in [5.41, 5.74) is 0.993. The van der Waals surface area contributed by atoms with E-state index < -0.39 is 24.4 Å². The highest BCUT2D eigenvalue weighted by Gasteiger charge is 2.37. The van der Waals surface area contributed by atoms with Crippen LogP contribution in [0.2, 0.25) is 0 Å². The number of aromatic hydroxyl groups is 1. The molecule has 5 nitrogen and oxygen atoms in total. The van der Waals surface area contributed by atoms with Crippen LogP contribution in [0.5, 0.6) is 5.75 Å². The van der Waals surface area contributed by atoms with Gasteiger partial charge in [-0.25, -0.2) is 0 Å². The molecule has 2 rings (SSSR count). The Bertz CT molecular complexity index is 377. The van der Waals surface area contributed by atoms with E-state index in [-0.39, 0.29) is 12.4 Å². The minimum absolute atomic E-state index is 0.0436. The lowest BCUT2D eigenvalue weighted by Crippen LogP contribution is -2.49. The highest BCUT2D eigenvalue weighted by atomic mass is 16.6.